The van der Waals surface area contributed by atoms with E-state index in [1.807, 2.05) is 73.1 Å². The molecule has 0 spiro atoms. The summed E-state index contributed by atoms with van der Waals surface area (Å²) in [6, 6.07) is 29.1. The topological polar surface area (TPSA) is 63.2 Å². The van der Waals surface area contributed by atoms with Crippen LogP contribution in [-0.4, -0.2) is 14.5 Å². The van der Waals surface area contributed by atoms with Gasteiger partial charge in [0.1, 0.15) is 0 Å². The molecule has 38 heavy (non-hydrogen) atoms. The Labute approximate surface area is 234 Å². The molecule has 0 atom stereocenters. The van der Waals surface area contributed by atoms with E-state index in [1.165, 1.54) is 17.2 Å². The monoisotopic (exact) mass is 667 g/mol. The molecule has 0 bridgehead atoms. The van der Waals surface area contributed by atoms with Crippen LogP contribution >= 0.6 is 0 Å². The number of nitrogens with zero attached hydrogens (tertiary/aromatic N) is 6. The van der Waals surface area contributed by atoms with Crippen LogP contribution in [0.1, 0.15) is 11.1 Å². The van der Waals surface area contributed by atoms with Gasteiger partial charge in [0.2, 0.25) is 0 Å². The first-order valence-electron chi connectivity index (χ1n) is 11.5. The molecule has 3 heterocycles. The number of hydrogen-bond donors (Lipinski definition) is 0. The largest absolute Gasteiger partial charge is 0.371 e. The smallest absolute Gasteiger partial charge is 0.181 e. The number of aryl methyl sites for hydroxylation is 2. The Balaban J connectivity index is 0.000000201. The van der Waals surface area contributed by atoms with Gasteiger partial charge in [-0.15, -0.1) is 47.5 Å². The van der Waals surface area contributed by atoms with Crippen molar-refractivity contribution in [2.24, 2.45) is 0 Å². The molecule has 0 amide bonds. The van der Waals surface area contributed by atoms with Gasteiger partial charge >= 0.3 is 0 Å². The summed E-state index contributed by atoms with van der Waals surface area (Å²) in [4.78, 5) is 15.6. The minimum absolute atomic E-state index is 0. The van der Waals surface area contributed by atoms with Gasteiger partial charge in [-0.1, -0.05) is 47.5 Å². The van der Waals surface area contributed by atoms with E-state index < -0.39 is 0 Å². The molecule has 0 fully saturated rings. The van der Waals surface area contributed by atoms with Crippen LogP contribution in [0.4, 0.5) is 11.4 Å². The first-order valence-corrected chi connectivity index (χ1v) is 11.5. The van der Waals surface area contributed by atoms with Crippen molar-refractivity contribution in [2.45, 2.75) is 13.0 Å². The predicted molar refractivity (Wildman–Crippen MR) is 141 cm³/mol. The van der Waals surface area contributed by atoms with Crippen molar-refractivity contribution < 1.29 is 20.1 Å². The van der Waals surface area contributed by atoms with Crippen molar-refractivity contribution in [3.8, 4) is 39.8 Å². The third kappa shape index (κ3) is 5.15. The van der Waals surface area contributed by atoms with E-state index in [0.29, 0.717) is 11.3 Å². The Bertz CT molecular complexity index is 1720. The average Bonchev–Trinajstić information content (AvgIpc) is 3.47. The maximum absolute atomic E-state index is 9.20. The molecular formula is C31H18IrN6-2. The summed E-state index contributed by atoms with van der Waals surface area (Å²) in [5.41, 5.74) is 5.74. The summed E-state index contributed by atoms with van der Waals surface area (Å²) >= 11 is 0. The number of pyridine rings is 1. The zero-order valence-electron chi connectivity index (χ0n) is 20.0. The Kier molecular flexibility index (Phi) is 8.22. The number of nitriles is 1. The fraction of sp³-hybridized carbons (Fsp3) is 0.0645. The van der Waals surface area contributed by atoms with Crippen LogP contribution < -0.4 is 0 Å². The van der Waals surface area contributed by atoms with Crippen LogP contribution in [0.25, 0.3) is 43.5 Å². The first kappa shape index (κ1) is 26.2. The average molecular weight is 667 g/mol. The third-order valence-corrected chi connectivity index (χ3v) is 6.01. The quantitative estimate of drug-likeness (QED) is 0.189. The molecule has 1 aliphatic rings. The van der Waals surface area contributed by atoms with Crippen LogP contribution in [0.5, 0.6) is 0 Å². The van der Waals surface area contributed by atoms with Crippen molar-refractivity contribution >= 4 is 11.4 Å². The third-order valence-electron chi connectivity index (χ3n) is 6.01. The molecule has 1 aliphatic heterocycles. The fourth-order valence-electron chi connectivity index (χ4n) is 4.30. The Morgan fingerprint density at radius 1 is 0.947 bits per heavy atom. The fourth-order valence-corrected chi connectivity index (χ4v) is 4.30. The van der Waals surface area contributed by atoms with E-state index in [0.717, 1.165) is 29.9 Å². The van der Waals surface area contributed by atoms with Gasteiger partial charge in [0, 0.05) is 50.9 Å². The number of aromatic nitrogens is 3. The van der Waals surface area contributed by atoms with Crippen molar-refractivity contribution in [1.29, 1.82) is 5.26 Å². The van der Waals surface area contributed by atoms with Gasteiger partial charge in [-0.3, -0.25) is 19.7 Å². The van der Waals surface area contributed by atoms with Gasteiger partial charge in [-0.2, -0.15) is 0 Å². The van der Waals surface area contributed by atoms with E-state index in [4.69, 9.17) is 13.1 Å². The Morgan fingerprint density at radius 2 is 1.79 bits per heavy atom. The Hall–Kier alpha value is -4.86. The minimum Gasteiger partial charge on any atom is -0.371 e. The predicted octanol–water partition coefficient (Wildman–Crippen LogP) is 7.09. The van der Waals surface area contributed by atoms with Crippen molar-refractivity contribution in [2.75, 3.05) is 0 Å². The van der Waals surface area contributed by atoms with Crippen molar-refractivity contribution in [3.05, 3.63) is 131 Å². The molecule has 183 valence electrons. The summed E-state index contributed by atoms with van der Waals surface area (Å²) < 4.78 is 2.18. The van der Waals surface area contributed by atoms with Crippen LogP contribution in [0.15, 0.2) is 85.3 Å². The SMILES string of the molecule is [C-]#[N+]c1cc(C#N)[c-]c(-c2ncccc2-c2ccccc2)c1[N+]#[C-].[Ir].[c-]1cccc2c1-c1nccn1CC2. The molecule has 0 saturated heterocycles. The second kappa shape index (κ2) is 11.9. The number of benzene rings is 3. The normalized spacial score (nSPS) is 10.7. The molecule has 0 aliphatic carbocycles. The molecule has 7 heteroatoms. The molecule has 0 saturated carbocycles. The number of rotatable bonds is 2. The summed E-state index contributed by atoms with van der Waals surface area (Å²) in [5.74, 6) is 1.06. The van der Waals surface area contributed by atoms with Gasteiger partial charge in [0.25, 0.3) is 0 Å². The second-order valence-corrected chi connectivity index (χ2v) is 8.16. The van der Waals surface area contributed by atoms with Crippen LogP contribution in [0, 0.1) is 36.6 Å². The van der Waals surface area contributed by atoms with E-state index in [-0.39, 0.29) is 37.0 Å². The van der Waals surface area contributed by atoms with E-state index in [9.17, 15) is 5.26 Å². The molecule has 6 rings (SSSR count). The van der Waals surface area contributed by atoms with Gasteiger partial charge < -0.3 is 4.57 Å². The van der Waals surface area contributed by atoms with Gasteiger partial charge in [0.15, 0.2) is 11.4 Å². The first-order chi connectivity index (χ1) is 18.2. The van der Waals surface area contributed by atoms with Crippen LogP contribution in [0.2, 0.25) is 0 Å². The number of imidazole rings is 1. The zero-order chi connectivity index (χ0) is 25.6. The zero-order valence-corrected chi connectivity index (χ0v) is 22.4. The van der Waals surface area contributed by atoms with Crippen LogP contribution in [-0.2, 0) is 33.1 Å². The van der Waals surface area contributed by atoms with Gasteiger partial charge in [-0.05, 0) is 29.7 Å². The van der Waals surface area contributed by atoms with Crippen molar-refractivity contribution in [1.82, 2.24) is 14.5 Å². The van der Waals surface area contributed by atoms with Gasteiger partial charge in [-0.25, -0.2) is 5.26 Å². The Morgan fingerprint density at radius 3 is 2.55 bits per heavy atom. The number of fused-ring (bicyclic) bond motifs is 3. The molecule has 5 aromatic rings. The van der Waals surface area contributed by atoms with Crippen LogP contribution in [0.3, 0.4) is 0 Å². The summed E-state index contributed by atoms with van der Waals surface area (Å²) in [7, 11) is 0. The molecule has 0 N–H and O–H groups in total. The maximum atomic E-state index is 9.20. The molecule has 1 radical (unpaired) electrons. The molecular weight excluding hydrogens is 649 g/mol. The summed E-state index contributed by atoms with van der Waals surface area (Å²) in [6.07, 6.45) is 6.60. The van der Waals surface area contributed by atoms with Gasteiger partial charge in [0.05, 0.1) is 19.0 Å². The molecule has 6 nitrogen and oxygen atoms in total. The van der Waals surface area contributed by atoms with E-state index >= 15 is 0 Å². The molecule has 3 aromatic carbocycles. The maximum Gasteiger partial charge on any atom is 0.181 e. The standard InChI is InChI=1S/C20H9N4.C11H9N2.Ir/c1-22-18-12-14(13-21)11-17(20(18)23-2)19-16(9-6-10-24-19)15-7-4-3-5-8-15;1-2-4-10-9(3-1)5-7-13-8-6-12-11(10)13;/h3-10,12H;1-3,6,8H,5,7H2;/q2*-1;. The summed E-state index contributed by atoms with van der Waals surface area (Å²) in [6.45, 7) is 15.7. The van der Waals surface area contributed by atoms with E-state index in [1.54, 1.807) is 6.20 Å². The molecule has 2 aromatic heterocycles. The van der Waals surface area contributed by atoms with Crippen molar-refractivity contribution in [3.63, 3.8) is 0 Å². The molecule has 0 unspecified atom stereocenters. The van der Waals surface area contributed by atoms with E-state index in [2.05, 4.69) is 42.4 Å². The number of hydrogen-bond acceptors (Lipinski definition) is 3. The summed E-state index contributed by atoms with van der Waals surface area (Å²) in [5, 5.41) is 9.20. The minimum atomic E-state index is 0. The second-order valence-electron chi connectivity index (χ2n) is 8.16.